The lowest BCUT2D eigenvalue weighted by atomic mass is 10.1. The molecule has 1 amide bonds. The predicted octanol–water partition coefficient (Wildman–Crippen LogP) is 4.57. The molecule has 0 aliphatic carbocycles. The SMILES string of the molecule is CNC(=O)c1ccc(Nc2ncc(Cl)c(-c3cc(F)c4nc(C(C)(C)O)n5c4c3OC[C@@H]5C)n2)cc1. The van der Waals surface area contributed by atoms with Gasteiger partial charge in [-0.05, 0) is 51.1 Å². The zero-order valence-corrected chi connectivity index (χ0v) is 20.8. The first-order valence-corrected chi connectivity index (χ1v) is 11.7. The maximum Gasteiger partial charge on any atom is 0.251 e. The standard InChI is InChI=1S/C25H24ClFN6O3/c1-12-11-36-21-15(9-17(27)19-20(21)33(12)23(31-19)25(2,3)35)18-16(26)10-29-24(32-18)30-14-7-5-13(6-8-14)22(34)28-4/h5-10,12,35H,11H2,1-4H3,(H,28,34)(H,29,30,32)/t12-/m0/s1. The number of nitrogens with one attached hydrogen (secondary N) is 2. The molecule has 0 bridgehead atoms. The maximum atomic E-state index is 15.3. The van der Waals surface area contributed by atoms with E-state index < -0.39 is 11.4 Å². The Balaban J connectivity index is 1.61. The van der Waals surface area contributed by atoms with Crippen molar-refractivity contribution in [3.63, 3.8) is 0 Å². The quantitative estimate of drug-likeness (QED) is 0.360. The van der Waals surface area contributed by atoms with Gasteiger partial charge < -0.3 is 25.0 Å². The molecule has 0 saturated carbocycles. The first-order valence-electron chi connectivity index (χ1n) is 11.3. The van der Waals surface area contributed by atoms with E-state index in [0.29, 0.717) is 40.5 Å². The highest BCUT2D eigenvalue weighted by atomic mass is 35.5. The highest BCUT2D eigenvalue weighted by Crippen LogP contribution is 2.45. The summed E-state index contributed by atoms with van der Waals surface area (Å²) < 4.78 is 23.2. The summed E-state index contributed by atoms with van der Waals surface area (Å²) in [5, 5.41) is 16.5. The molecule has 4 aromatic rings. The summed E-state index contributed by atoms with van der Waals surface area (Å²) in [7, 11) is 1.56. The molecule has 1 aliphatic rings. The van der Waals surface area contributed by atoms with Crippen molar-refractivity contribution >= 4 is 40.2 Å². The van der Waals surface area contributed by atoms with Crippen LogP contribution in [0.2, 0.25) is 5.02 Å². The van der Waals surface area contributed by atoms with Crippen molar-refractivity contribution in [2.45, 2.75) is 32.4 Å². The van der Waals surface area contributed by atoms with Gasteiger partial charge >= 0.3 is 0 Å². The third-order valence-corrected chi connectivity index (χ3v) is 6.23. The van der Waals surface area contributed by atoms with E-state index in [4.69, 9.17) is 16.3 Å². The zero-order valence-electron chi connectivity index (χ0n) is 20.1. The second kappa shape index (κ2) is 8.72. The second-order valence-electron chi connectivity index (χ2n) is 9.13. The van der Waals surface area contributed by atoms with E-state index in [1.807, 2.05) is 11.5 Å². The molecule has 3 heterocycles. The summed E-state index contributed by atoms with van der Waals surface area (Å²) in [5.74, 6) is 0.180. The topological polar surface area (TPSA) is 114 Å². The number of hydrogen-bond donors (Lipinski definition) is 3. The number of aliphatic hydroxyl groups is 1. The number of imidazole rings is 1. The molecule has 1 aliphatic heterocycles. The number of halogens is 2. The number of ether oxygens (including phenoxy) is 1. The van der Waals surface area contributed by atoms with Crippen molar-refractivity contribution in [1.29, 1.82) is 0 Å². The lowest BCUT2D eigenvalue weighted by Crippen LogP contribution is -2.28. The molecular formula is C25H24ClFN6O3. The number of carbonyl (C=O) groups excluding carboxylic acids is 1. The summed E-state index contributed by atoms with van der Waals surface area (Å²) in [6.07, 6.45) is 1.42. The minimum Gasteiger partial charge on any atom is -0.488 e. The molecule has 0 saturated heterocycles. The monoisotopic (exact) mass is 510 g/mol. The van der Waals surface area contributed by atoms with Gasteiger partial charge in [-0.25, -0.2) is 19.3 Å². The van der Waals surface area contributed by atoms with Crippen LogP contribution in [0.15, 0.2) is 36.5 Å². The van der Waals surface area contributed by atoms with E-state index in [2.05, 4.69) is 25.6 Å². The molecule has 11 heteroatoms. The maximum absolute atomic E-state index is 15.3. The minimum absolute atomic E-state index is 0.108. The summed E-state index contributed by atoms with van der Waals surface area (Å²) in [6, 6.07) is 7.89. The Labute approximate surface area is 211 Å². The fourth-order valence-electron chi connectivity index (χ4n) is 4.26. The molecule has 0 spiro atoms. The minimum atomic E-state index is -1.29. The Hall–Kier alpha value is -3.76. The summed E-state index contributed by atoms with van der Waals surface area (Å²) in [4.78, 5) is 25.0. The average molecular weight is 511 g/mol. The smallest absolute Gasteiger partial charge is 0.251 e. The van der Waals surface area contributed by atoms with Crippen LogP contribution in [0, 0.1) is 5.82 Å². The third kappa shape index (κ3) is 4.02. The summed E-state index contributed by atoms with van der Waals surface area (Å²) in [6.45, 7) is 5.43. The molecule has 5 rings (SSSR count). The van der Waals surface area contributed by atoms with Gasteiger partial charge in [-0.1, -0.05) is 11.6 Å². The molecule has 186 valence electrons. The number of nitrogens with zero attached hydrogens (tertiary/aromatic N) is 4. The number of aromatic nitrogens is 4. The van der Waals surface area contributed by atoms with E-state index in [1.165, 1.54) is 12.3 Å². The molecular weight excluding hydrogens is 487 g/mol. The van der Waals surface area contributed by atoms with Gasteiger partial charge in [0.1, 0.15) is 29.1 Å². The molecule has 2 aromatic carbocycles. The molecule has 0 radical (unpaired) electrons. The van der Waals surface area contributed by atoms with E-state index in [1.54, 1.807) is 45.2 Å². The molecule has 0 unspecified atom stereocenters. The van der Waals surface area contributed by atoms with Gasteiger partial charge in [0.25, 0.3) is 5.91 Å². The van der Waals surface area contributed by atoms with Crippen molar-refractivity contribution < 1.29 is 19.0 Å². The Morgan fingerprint density at radius 2 is 2.00 bits per heavy atom. The molecule has 1 atom stereocenters. The number of anilines is 2. The van der Waals surface area contributed by atoms with E-state index in [9.17, 15) is 9.90 Å². The van der Waals surface area contributed by atoms with Crippen LogP contribution in [0.3, 0.4) is 0 Å². The van der Waals surface area contributed by atoms with Gasteiger partial charge in [0.05, 0.1) is 23.0 Å². The normalized spacial score (nSPS) is 15.0. The van der Waals surface area contributed by atoms with Gasteiger partial charge in [-0.3, -0.25) is 4.79 Å². The van der Waals surface area contributed by atoms with E-state index in [-0.39, 0.29) is 34.1 Å². The van der Waals surface area contributed by atoms with Crippen LogP contribution in [0.5, 0.6) is 5.75 Å². The lowest BCUT2D eigenvalue weighted by Gasteiger charge is -2.28. The molecule has 36 heavy (non-hydrogen) atoms. The number of amides is 1. The molecule has 3 N–H and O–H groups in total. The van der Waals surface area contributed by atoms with Crippen molar-refractivity contribution in [3.8, 4) is 17.0 Å². The largest absolute Gasteiger partial charge is 0.488 e. The molecule has 2 aromatic heterocycles. The Morgan fingerprint density at radius 1 is 1.28 bits per heavy atom. The van der Waals surface area contributed by atoms with Gasteiger partial charge in [0, 0.05) is 23.9 Å². The van der Waals surface area contributed by atoms with Crippen molar-refractivity contribution in [3.05, 3.63) is 58.8 Å². The first kappa shape index (κ1) is 24.0. The van der Waals surface area contributed by atoms with E-state index >= 15 is 4.39 Å². The van der Waals surface area contributed by atoms with Crippen LogP contribution in [-0.4, -0.2) is 44.2 Å². The highest BCUT2D eigenvalue weighted by molar-refractivity contribution is 6.33. The predicted molar refractivity (Wildman–Crippen MR) is 134 cm³/mol. The van der Waals surface area contributed by atoms with Crippen LogP contribution < -0.4 is 15.4 Å². The highest BCUT2D eigenvalue weighted by Gasteiger charge is 2.34. The van der Waals surface area contributed by atoms with Crippen LogP contribution >= 0.6 is 11.6 Å². The Kier molecular flexibility index (Phi) is 5.80. The van der Waals surface area contributed by atoms with Crippen LogP contribution in [-0.2, 0) is 5.60 Å². The molecule has 0 fully saturated rings. The number of carbonyl (C=O) groups is 1. The summed E-state index contributed by atoms with van der Waals surface area (Å²) in [5.41, 5.74) is 1.05. The van der Waals surface area contributed by atoms with Gasteiger partial charge in [0.15, 0.2) is 11.6 Å². The van der Waals surface area contributed by atoms with Gasteiger partial charge in [-0.15, -0.1) is 0 Å². The third-order valence-electron chi connectivity index (χ3n) is 5.95. The van der Waals surface area contributed by atoms with Crippen LogP contribution in [0.1, 0.15) is 43.0 Å². The number of benzene rings is 2. The number of rotatable bonds is 5. The summed E-state index contributed by atoms with van der Waals surface area (Å²) >= 11 is 6.46. The number of hydrogen-bond acceptors (Lipinski definition) is 7. The second-order valence-corrected chi connectivity index (χ2v) is 9.54. The van der Waals surface area contributed by atoms with Crippen molar-refractivity contribution in [2.75, 3.05) is 19.0 Å². The fraction of sp³-hybridized carbons (Fsp3) is 0.280. The zero-order chi connectivity index (χ0) is 25.8. The van der Waals surface area contributed by atoms with E-state index in [0.717, 1.165) is 0 Å². The van der Waals surface area contributed by atoms with Crippen molar-refractivity contribution in [1.82, 2.24) is 24.8 Å². The van der Waals surface area contributed by atoms with Gasteiger partial charge in [-0.2, -0.15) is 0 Å². The van der Waals surface area contributed by atoms with Crippen LogP contribution in [0.4, 0.5) is 16.0 Å². The fourth-order valence-corrected chi connectivity index (χ4v) is 4.45. The Morgan fingerprint density at radius 3 is 2.67 bits per heavy atom. The van der Waals surface area contributed by atoms with Gasteiger partial charge in [0.2, 0.25) is 5.95 Å². The van der Waals surface area contributed by atoms with Crippen LogP contribution in [0.25, 0.3) is 22.3 Å². The average Bonchev–Trinajstić information content (AvgIpc) is 3.27. The van der Waals surface area contributed by atoms with Crippen molar-refractivity contribution in [2.24, 2.45) is 0 Å². The lowest BCUT2D eigenvalue weighted by molar-refractivity contribution is 0.0616. The molecule has 9 nitrogen and oxygen atoms in total. The first-order chi connectivity index (χ1) is 17.1. The Bertz CT molecular complexity index is 1500.